The van der Waals surface area contributed by atoms with Crippen LogP contribution in [0, 0.1) is 0 Å². The van der Waals surface area contributed by atoms with Gasteiger partial charge >= 0.3 is 33.4 Å². The topological polar surface area (TPSA) is 95.2 Å². The van der Waals surface area contributed by atoms with Gasteiger partial charge in [-0.3, -0.25) is 0 Å². The van der Waals surface area contributed by atoms with Crippen LogP contribution < -0.4 is 4.18 Å². The number of benzene rings is 5. The lowest BCUT2D eigenvalue weighted by molar-refractivity contribution is -0.382. The fourth-order valence-corrected chi connectivity index (χ4v) is 6.47. The Hall–Kier alpha value is -5.97. The number of fused-ring (bicyclic) bond motifs is 3. The summed E-state index contributed by atoms with van der Waals surface area (Å²) in [4.78, 5) is 14.2. The van der Waals surface area contributed by atoms with E-state index < -0.39 is 39.1 Å². The predicted octanol–water partition coefficient (Wildman–Crippen LogP) is 10.6. The Labute approximate surface area is 298 Å². The highest BCUT2D eigenvalue weighted by Crippen LogP contribution is 2.55. The van der Waals surface area contributed by atoms with Gasteiger partial charge in [0.1, 0.15) is 16.9 Å². The second kappa shape index (κ2) is 12.9. The first-order valence-electron chi connectivity index (χ1n) is 15.5. The number of hydrogen-bond acceptors (Lipinski definition) is 7. The standard InChI is InChI=1S/C37H20F9N3O4S/c38-34(39,36(42,43)44)35(40,41)37(45,46)54(50,51)53-25-14-7-12-23(20-25)22-11-6-13-24(19-22)32-47-31(21-9-2-1-3-10-21)48-33(49-32)27-16-8-18-29-30(27)26-15-4-5-17-28(26)52-29/h1-20H. The number of aromatic nitrogens is 3. The number of halogens is 9. The highest BCUT2D eigenvalue weighted by molar-refractivity contribution is 7.88. The maximum atomic E-state index is 14.3. The normalized spacial score (nSPS) is 13.1. The Balaban J connectivity index is 1.28. The zero-order valence-electron chi connectivity index (χ0n) is 26.8. The van der Waals surface area contributed by atoms with E-state index in [-0.39, 0.29) is 22.8 Å². The van der Waals surface area contributed by atoms with E-state index >= 15 is 0 Å². The highest BCUT2D eigenvalue weighted by atomic mass is 32.2. The average molecular weight is 774 g/mol. The molecule has 0 unspecified atom stereocenters. The molecule has 2 heterocycles. The lowest BCUT2D eigenvalue weighted by atomic mass is 10.0. The third-order valence-electron chi connectivity index (χ3n) is 8.23. The molecule has 0 bridgehead atoms. The molecule has 2 aromatic heterocycles. The van der Waals surface area contributed by atoms with Gasteiger partial charge in [0.25, 0.3) is 0 Å². The Morgan fingerprint density at radius 1 is 0.519 bits per heavy atom. The fraction of sp³-hybridized carbons (Fsp3) is 0.108. The summed E-state index contributed by atoms with van der Waals surface area (Å²) in [7, 11) is -7.15. The monoisotopic (exact) mass is 773 g/mol. The summed E-state index contributed by atoms with van der Waals surface area (Å²) >= 11 is 0. The van der Waals surface area contributed by atoms with Crippen LogP contribution in [0.1, 0.15) is 0 Å². The molecular formula is C37H20F9N3O4S. The van der Waals surface area contributed by atoms with E-state index in [1.54, 1.807) is 48.5 Å². The lowest BCUT2D eigenvalue weighted by Gasteiger charge is -2.32. The van der Waals surface area contributed by atoms with Crippen molar-refractivity contribution in [2.75, 3.05) is 0 Å². The Morgan fingerprint density at radius 3 is 1.76 bits per heavy atom. The van der Waals surface area contributed by atoms with Gasteiger partial charge in [0, 0.05) is 27.5 Å². The molecular weight excluding hydrogens is 753 g/mol. The maximum absolute atomic E-state index is 14.3. The summed E-state index contributed by atoms with van der Waals surface area (Å²) in [6.07, 6.45) is -7.22. The van der Waals surface area contributed by atoms with E-state index in [1.165, 1.54) is 18.2 Å². The number of furan rings is 1. The van der Waals surface area contributed by atoms with Crippen LogP contribution in [0.25, 0.3) is 67.2 Å². The summed E-state index contributed by atoms with van der Waals surface area (Å²) < 4.78 is 156. The van der Waals surface area contributed by atoms with E-state index in [0.29, 0.717) is 39.7 Å². The van der Waals surface area contributed by atoms with Crippen molar-refractivity contribution < 1.29 is 56.5 Å². The zero-order chi connectivity index (χ0) is 38.7. The van der Waals surface area contributed by atoms with Crippen LogP contribution in [0.4, 0.5) is 39.5 Å². The van der Waals surface area contributed by atoms with Gasteiger partial charge in [-0.1, -0.05) is 91.0 Å². The minimum atomic E-state index is -7.44. The fourth-order valence-electron chi connectivity index (χ4n) is 5.56. The second-order valence-corrected chi connectivity index (χ2v) is 13.3. The van der Waals surface area contributed by atoms with Crippen molar-refractivity contribution in [3.05, 3.63) is 121 Å². The molecule has 0 atom stereocenters. The number of para-hydroxylation sites is 1. The average Bonchev–Trinajstić information content (AvgIpc) is 3.53. The van der Waals surface area contributed by atoms with Crippen LogP contribution >= 0.6 is 0 Å². The van der Waals surface area contributed by atoms with E-state index in [9.17, 15) is 47.9 Å². The van der Waals surface area contributed by atoms with Crippen LogP contribution in [-0.4, -0.2) is 46.6 Å². The molecule has 0 aliphatic carbocycles. The van der Waals surface area contributed by atoms with E-state index in [0.717, 1.165) is 22.9 Å². The van der Waals surface area contributed by atoms with Gasteiger partial charge < -0.3 is 8.60 Å². The minimum Gasteiger partial charge on any atom is -0.456 e. The predicted molar refractivity (Wildman–Crippen MR) is 179 cm³/mol. The van der Waals surface area contributed by atoms with E-state index in [4.69, 9.17) is 14.4 Å². The SMILES string of the molecule is O=S(=O)(Oc1cccc(-c2cccc(-c3nc(-c4ccccc4)nc(-c4cccc5oc6ccccc6c45)n3)c2)c1)C(F)(F)C(F)(F)C(F)(F)C(F)(F)F. The molecule has 0 radical (unpaired) electrons. The third-order valence-corrected chi connectivity index (χ3v) is 9.53. The van der Waals surface area contributed by atoms with Crippen molar-refractivity contribution in [1.29, 1.82) is 0 Å². The molecule has 5 aromatic carbocycles. The Bertz CT molecular complexity index is 2650. The molecule has 17 heteroatoms. The van der Waals surface area contributed by atoms with Gasteiger partial charge in [-0.2, -0.15) is 47.9 Å². The molecule has 0 aliphatic rings. The van der Waals surface area contributed by atoms with Crippen molar-refractivity contribution in [2.24, 2.45) is 0 Å². The van der Waals surface area contributed by atoms with Gasteiger partial charge in [0.05, 0.1) is 0 Å². The first-order valence-corrected chi connectivity index (χ1v) is 16.9. The lowest BCUT2D eigenvalue weighted by Crippen LogP contribution is -2.63. The summed E-state index contributed by atoms with van der Waals surface area (Å²) in [5.41, 5.74) is 3.14. The first-order chi connectivity index (χ1) is 25.4. The maximum Gasteiger partial charge on any atom is 0.460 e. The molecule has 0 fully saturated rings. The van der Waals surface area contributed by atoms with Crippen molar-refractivity contribution in [3.8, 4) is 51.0 Å². The minimum absolute atomic E-state index is 0.0347. The smallest absolute Gasteiger partial charge is 0.456 e. The van der Waals surface area contributed by atoms with Crippen LogP contribution in [0.5, 0.6) is 5.75 Å². The van der Waals surface area contributed by atoms with E-state index in [1.807, 2.05) is 36.4 Å². The van der Waals surface area contributed by atoms with Crippen LogP contribution in [0.2, 0.25) is 0 Å². The molecule has 0 amide bonds. The van der Waals surface area contributed by atoms with Crippen molar-refractivity contribution in [3.63, 3.8) is 0 Å². The van der Waals surface area contributed by atoms with Crippen LogP contribution in [0.15, 0.2) is 126 Å². The number of nitrogens with zero attached hydrogens (tertiary/aromatic N) is 3. The molecule has 0 N–H and O–H groups in total. The number of hydrogen-bond donors (Lipinski definition) is 0. The van der Waals surface area contributed by atoms with Gasteiger partial charge in [0.2, 0.25) is 0 Å². The summed E-state index contributed by atoms with van der Waals surface area (Å²) in [6, 6.07) is 31.8. The van der Waals surface area contributed by atoms with E-state index in [2.05, 4.69) is 9.17 Å². The molecule has 54 heavy (non-hydrogen) atoms. The van der Waals surface area contributed by atoms with Gasteiger partial charge in [-0.05, 0) is 41.5 Å². The van der Waals surface area contributed by atoms with Gasteiger partial charge in [0.15, 0.2) is 17.5 Å². The molecule has 0 saturated heterocycles. The van der Waals surface area contributed by atoms with Gasteiger partial charge in [-0.25, -0.2) is 15.0 Å². The molecule has 0 saturated carbocycles. The molecule has 7 nitrogen and oxygen atoms in total. The third kappa shape index (κ3) is 6.07. The quantitative estimate of drug-likeness (QED) is 0.106. The second-order valence-electron chi connectivity index (χ2n) is 11.8. The van der Waals surface area contributed by atoms with Crippen molar-refractivity contribution in [1.82, 2.24) is 15.0 Å². The molecule has 0 aliphatic heterocycles. The largest absolute Gasteiger partial charge is 0.460 e. The van der Waals surface area contributed by atoms with Crippen molar-refractivity contribution in [2.45, 2.75) is 23.3 Å². The molecule has 7 aromatic rings. The zero-order valence-corrected chi connectivity index (χ0v) is 27.6. The number of alkyl halides is 9. The first kappa shape index (κ1) is 36.4. The highest BCUT2D eigenvalue weighted by Gasteiger charge is 2.86. The number of rotatable bonds is 9. The van der Waals surface area contributed by atoms with Crippen LogP contribution in [0.3, 0.4) is 0 Å². The molecule has 7 rings (SSSR count). The summed E-state index contributed by atoms with van der Waals surface area (Å²) in [5.74, 6) is -15.2. The summed E-state index contributed by atoms with van der Waals surface area (Å²) in [5, 5.41) is -5.46. The van der Waals surface area contributed by atoms with Gasteiger partial charge in [-0.15, -0.1) is 0 Å². The molecule has 276 valence electrons. The Morgan fingerprint density at radius 2 is 1.06 bits per heavy atom. The summed E-state index contributed by atoms with van der Waals surface area (Å²) in [6.45, 7) is 0. The molecule has 0 spiro atoms. The Kier molecular flexibility index (Phi) is 8.67. The van der Waals surface area contributed by atoms with Crippen LogP contribution in [-0.2, 0) is 10.1 Å². The van der Waals surface area contributed by atoms with Crippen molar-refractivity contribution >= 4 is 32.1 Å².